The normalized spacial score (nSPS) is 8.12. The van der Waals surface area contributed by atoms with E-state index in [2.05, 4.69) is 4.74 Å². The van der Waals surface area contributed by atoms with Gasteiger partial charge in [0.2, 0.25) is 5.78 Å². The van der Waals surface area contributed by atoms with Gasteiger partial charge in [0.1, 0.15) is 7.85 Å². The number of ketones is 1. The van der Waals surface area contributed by atoms with Crippen molar-refractivity contribution in [3.63, 3.8) is 0 Å². The highest BCUT2D eigenvalue weighted by Crippen LogP contribution is 1.80. The van der Waals surface area contributed by atoms with E-state index >= 15 is 0 Å². The number of esters is 1. The topological polar surface area (TPSA) is 43.4 Å². The van der Waals surface area contributed by atoms with E-state index < -0.39 is 11.8 Å². The lowest BCUT2D eigenvalue weighted by atomic mass is 10.0. The van der Waals surface area contributed by atoms with Crippen molar-refractivity contribution in [1.29, 1.82) is 0 Å². The second-order valence-electron chi connectivity index (χ2n) is 1.27. The standard InChI is InChI=1S/C4H7BO3/c1-8-4(7)3(6)2-5/h2,5H2,1H3. The molecule has 0 aliphatic rings. The average Bonchev–Trinajstić information content (AvgIpc) is 1.84. The van der Waals surface area contributed by atoms with Crippen LogP contribution in [0.15, 0.2) is 0 Å². The molecule has 0 aromatic rings. The number of ether oxygens (including phenoxy) is 1. The molecule has 0 N–H and O–H groups in total. The molecule has 3 nitrogen and oxygen atoms in total. The Bertz CT molecular complexity index is 95.9. The number of methoxy groups -OCH3 is 1. The van der Waals surface area contributed by atoms with Crippen LogP contribution in [0, 0.1) is 0 Å². The van der Waals surface area contributed by atoms with Gasteiger partial charge in [0.05, 0.1) is 7.11 Å². The minimum Gasteiger partial charge on any atom is -0.463 e. The number of carbonyl (C=O) groups excluding carboxylic acids is 2. The van der Waals surface area contributed by atoms with Gasteiger partial charge in [-0.15, -0.1) is 0 Å². The maximum absolute atomic E-state index is 10.3. The Morgan fingerprint density at radius 2 is 2.12 bits per heavy atom. The molecule has 0 aromatic carbocycles. The minimum atomic E-state index is -0.757. The molecular weight excluding hydrogens is 107 g/mol. The van der Waals surface area contributed by atoms with Gasteiger partial charge in [0.25, 0.3) is 0 Å². The van der Waals surface area contributed by atoms with Gasteiger partial charge >= 0.3 is 5.97 Å². The summed E-state index contributed by atoms with van der Waals surface area (Å²) in [5.41, 5.74) is 0. The molecule has 0 aliphatic carbocycles. The van der Waals surface area contributed by atoms with Crippen molar-refractivity contribution in [2.75, 3.05) is 7.11 Å². The van der Waals surface area contributed by atoms with Crippen molar-refractivity contribution in [1.82, 2.24) is 0 Å². The number of hydrogen-bond acceptors (Lipinski definition) is 3. The van der Waals surface area contributed by atoms with E-state index in [1.54, 1.807) is 7.85 Å². The molecule has 0 heterocycles. The molecule has 8 heavy (non-hydrogen) atoms. The van der Waals surface area contributed by atoms with Crippen LogP contribution >= 0.6 is 0 Å². The molecule has 0 saturated heterocycles. The predicted molar refractivity (Wildman–Crippen MR) is 30.4 cm³/mol. The van der Waals surface area contributed by atoms with Crippen LogP contribution in [-0.4, -0.2) is 26.7 Å². The quantitative estimate of drug-likeness (QED) is 0.256. The fourth-order valence-electron chi connectivity index (χ4n) is 0.258. The zero-order valence-corrected chi connectivity index (χ0v) is 4.93. The Kier molecular flexibility index (Phi) is 2.92. The molecule has 44 valence electrons. The SMILES string of the molecule is BCC(=O)C(=O)OC. The molecule has 0 saturated carbocycles. The molecule has 0 fully saturated rings. The summed E-state index contributed by atoms with van der Waals surface area (Å²) in [6.07, 6.45) is 0.215. The third-order valence-corrected chi connectivity index (χ3v) is 0.734. The van der Waals surface area contributed by atoms with Gasteiger partial charge in [-0.3, -0.25) is 4.79 Å². The van der Waals surface area contributed by atoms with Crippen LogP contribution in [0.2, 0.25) is 6.32 Å². The molecule has 0 aliphatic heterocycles. The fourth-order valence-corrected chi connectivity index (χ4v) is 0.258. The molecule has 0 atom stereocenters. The highest BCUT2D eigenvalue weighted by Gasteiger charge is 2.08. The van der Waals surface area contributed by atoms with Crippen molar-refractivity contribution in [3.05, 3.63) is 0 Å². The average molecular weight is 114 g/mol. The van der Waals surface area contributed by atoms with E-state index in [9.17, 15) is 9.59 Å². The van der Waals surface area contributed by atoms with Crippen LogP contribution in [-0.2, 0) is 14.3 Å². The smallest absolute Gasteiger partial charge is 0.373 e. The Hall–Kier alpha value is -0.795. The van der Waals surface area contributed by atoms with Crippen molar-refractivity contribution in [2.24, 2.45) is 0 Å². The van der Waals surface area contributed by atoms with Crippen LogP contribution in [0.4, 0.5) is 0 Å². The van der Waals surface area contributed by atoms with Gasteiger partial charge in [-0.25, -0.2) is 4.79 Å². The molecule has 0 amide bonds. The minimum absolute atomic E-state index is 0.215. The van der Waals surface area contributed by atoms with E-state index in [0.29, 0.717) is 0 Å². The van der Waals surface area contributed by atoms with E-state index in [1.807, 2.05) is 0 Å². The molecule has 0 spiro atoms. The van der Waals surface area contributed by atoms with Crippen LogP contribution < -0.4 is 0 Å². The molecule has 0 rings (SSSR count). The lowest BCUT2D eigenvalue weighted by Gasteiger charge is -1.90. The van der Waals surface area contributed by atoms with E-state index in [4.69, 9.17) is 0 Å². The van der Waals surface area contributed by atoms with Crippen molar-refractivity contribution >= 4 is 19.6 Å². The Morgan fingerprint density at radius 1 is 1.62 bits per heavy atom. The maximum Gasteiger partial charge on any atom is 0.373 e. The lowest BCUT2D eigenvalue weighted by Crippen LogP contribution is -2.13. The van der Waals surface area contributed by atoms with Gasteiger partial charge in [-0.2, -0.15) is 0 Å². The summed E-state index contributed by atoms with van der Waals surface area (Å²) in [5.74, 6) is -1.24. The molecule has 0 aromatic heterocycles. The second kappa shape index (κ2) is 3.24. The molecule has 0 radical (unpaired) electrons. The molecular formula is C4H7BO3. The highest BCUT2D eigenvalue weighted by molar-refractivity contribution is 6.42. The van der Waals surface area contributed by atoms with Gasteiger partial charge in [-0.05, 0) is 6.32 Å². The van der Waals surface area contributed by atoms with E-state index in [1.165, 1.54) is 7.11 Å². The van der Waals surface area contributed by atoms with Gasteiger partial charge in [-0.1, -0.05) is 0 Å². The third kappa shape index (κ3) is 1.77. The predicted octanol–water partition coefficient (Wildman–Crippen LogP) is -1.22. The van der Waals surface area contributed by atoms with Crippen molar-refractivity contribution in [2.45, 2.75) is 6.32 Å². The monoisotopic (exact) mass is 114 g/mol. The number of rotatable bonds is 2. The lowest BCUT2D eigenvalue weighted by molar-refractivity contribution is -0.150. The fraction of sp³-hybridized carbons (Fsp3) is 0.500. The maximum atomic E-state index is 10.3. The summed E-state index contributed by atoms with van der Waals surface area (Å²) in [6, 6.07) is 0. The summed E-state index contributed by atoms with van der Waals surface area (Å²) < 4.78 is 4.11. The van der Waals surface area contributed by atoms with Crippen LogP contribution in [0.25, 0.3) is 0 Å². The molecule has 0 unspecified atom stereocenters. The first-order valence-corrected chi connectivity index (χ1v) is 2.33. The van der Waals surface area contributed by atoms with Crippen LogP contribution in [0.3, 0.4) is 0 Å². The summed E-state index contributed by atoms with van der Waals surface area (Å²) in [4.78, 5) is 20.4. The van der Waals surface area contributed by atoms with Crippen molar-refractivity contribution < 1.29 is 14.3 Å². The Morgan fingerprint density at radius 3 is 2.25 bits per heavy atom. The highest BCUT2D eigenvalue weighted by atomic mass is 16.5. The zero-order valence-electron chi connectivity index (χ0n) is 4.93. The van der Waals surface area contributed by atoms with Gasteiger partial charge in [0, 0.05) is 0 Å². The first-order valence-electron chi connectivity index (χ1n) is 2.33. The largest absolute Gasteiger partial charge is 0.463 e. The molecule has 0 bridgehead atoms. The summed E-state index contributed by atoms with van der Waals surface area (Å²) in [6.45, 7) is 0. The van der Waals surface area contributed by atoms with Gasteiger partial charge in [0.15, 0.2) is 0 Å². The van der Waals surface area contributed by atoms with E-state index in [-0.39, 0.29) is 6.32 Å². The summed E-state index contributed by atoms with van der Waals surface area (Å²) in [5, 5.41) is 0. The Balaban J connectivity index is 3.64. The Labute approximate surface area is 48.4 Å². The number of hydrogen-bond donors (Lipinski definition) is 0. The number of Topliss-reactive ketones (excluding diaryl/α,β-unsaturated/α-hetero) is 1. The molecule has 4 heteroatoms. The van der Waals surface area contributed by atoms with E-state index in [0.717, 1.165) is 0 Å². The summed E-state index contributed by atoms with van der Waals surface area (Å²) in [7, 11) is 2.80. The first kappa shape index (κ1) is 7.20. The second-order valence-corrected chi connectivity index (χ2v) is 1.27. The first-order chi connectivity index (χ1) is 3.72. The van der Waals surface area contributed by atoms with Crippen LogP contribution in [0.1, 0.15) is 0 Å². The van der Waals surface area contributed by atoms with Gasteiger partial charge < -0.3 is 4.74 Å². The van der Waals surface area contributed by atoms with Crippen molar-refractivity contribution in [3.8, 4) is 0 Å². The number of carbonyl (C=O) groups is 2. The van der Waals surface area contributed by atoms with Crippen LogP contribution in [0.5, 0.6) is 0 Å². The summed E-state index contributed by atoms with van der Waals surface area (Å²) >= 11 is 0. The third-order valence-electron chi connectivity index (χ3n) is 0.734. The zero-order chi connectivity index (χ0) is 6.57.